The van der Waals surface area contributed by atoms with Gasteiger partial charge in [0.25, 0.3) is 10.0 Å². The molecule has 4 nitrogen and oxygen atoms in total. The van der Waals surface area contributed by atoms with E-state index in [2.05, 4.69) is 22.5 Å². The third-order valence-electron chi connectivity index (χ3n) is 3.13. The minimum Gasteiger partial charge on any atom is -0.496 e. The number of hydrogen-bond donors (Lipinski definition) is 0. The number of methoxy groups -OCH3 is 1. The molecular weight excluding hydrogens is 385 g/mol. The molecular formula is C16H15BrFNO3S. The molecule has 7 heteroatoms. The molecule has 0 bridgehead atoms. The Morgan fingerprint density at radius 1 is 1.30 bits per heavy atom. The maximum atomic E-state index is 14.0. The van der Waals surface area contributed by atoms with Crippen molar-refractivity contribution < 1.29 is 17.5 Å². The van der Waals surface area contributed by atoms with Crippen molar-refractivity contribution in [2.24, 2.45) is 0 Å². The second kappa shape index (κ2) is 7.14. The summed E-state index contributed by atoms with van der Waals surface area (Å²) in [6.45, 7) is 3.50. The number of hydrogen-bond acceptors (Lipinski definition) is 3. The van der Waals surface area contributed by atoms with Crippen LogP contribution >= 0.6 is 15.9 Å². The van der Waals surface area contributed by atoms with Gasteiger partial charge < -0.3 is 4.74 Å². The molecule has 0 aromatic heterocycles. The zero-order chi connectivity index (χ0) is 17.0. The average molecular weight is 400 g/mol. The summed E-state index contributed by atoms with van der Waals surface area (Å²) in [4.78, 5) is 0.0234. The molecule has 0 saturated heterocycles. The van der Waals surface area contributed by atoms with Gasteiger partial charge in [-0.3, -0.25) is 4.31 Å². The van der Waals surface area contributed by atoms with Crippen LogP contribution in [0.15, 0.2) is 64.5 Å². The standard InChI is InChI=1S/C16H15BrFNO3S/c1-3-10-19(15-7-5-4-6-14(15)18)23(20,21)12-8-9-16(22-2)13(17)11-12/h3-9,11H,1,10H2,2H3. The van der Waals surface area contributed by atoms with Gasteiger partial charge in [-0.05, 0) is 46.3 Å². The second-order valence-electron chi connectivity index (χ2n) is 4.57. The first-order valence-corrected chi connectivity index (χ1v) is 8.87. The molecule has 0 amide bonds. The fourth-order valence-corrected chi connectivity index (χ4v) is 4.19. The molecule has 2 rings (SSSR count). The zero-order valence-electron chi connectivity index (χ0n) is 12.4. The number of ether oxygens (including phenoxy) is 1. The molecule has 0 unspecified atom stereocenters. The first-order chi connectivity index (χ1) is 10.9. The lowest BCUT2D eigenvalue weighted by Gasteiger charge is -2.23. The van der Waals surface area contributed by atoms with Gasteiger partial charge in [-0.25, -0.2) is 12.8 Å². The van der Waals surface area contributed by atoms with Crippen LogP contribution < -0.4 is 9.04 Å². The number of halogens is 2. The maximum Gasteiger partial charge on any atom is 0.264 e. The Labute approximate surface area is 143 Å². The molecule has 0 aliphatic heterocycles. The van der Waals surface area contributed by atoms with Crippen molar-refractivity contribution in [2.45, 2.75) is 4.90 Å². The van der Waals surface area contributed by atoms with Crippen LogP contribution in [-0.2, 0) is 10.0 Å². The van der Waals surface area contributed by atoms with Crippen molar-refractivity contribution in [3.63, 3.8) is 0 Å². The van der Waals surface area contributed by atoms with Gasteiger partial charge >= 0.3 is 0 Å². The third kappa shape index (κ3) is 3.56. The monoisotopic (exact) mass is 399 g/mol. The van der Waals surface area contributed by atoms with E-state index >= 15 is 0 Å². The molecule has 2 aromatic carbocycles. The Kier molecular flexibility index (Phi) is 5.43. The molecule has 0 heterocycles. The van der Waals surface area contributed by atoms with Crippen LogP contribution in [0, 0.1) is 5.82 Å². The van der Waals surface area contributed by atoms with Crippen LogP contribution in [0.25, 0.3) is 0 Å². The molecule has 0 N–H and O–H groups in total. The van der Waals surface area contributed by atoms with Gasteiger partial charge in [0.2, 0.25) is 0 Å². The van der Waals surface area contributed by atoms with Crippen molar-refractivity contribution in [2.75, 3.05) is 18.0 Å². The van der Waals surface area contributed by atoms with E-state index in [1.807, 2.05) is 0 Å². The Balaban J connectivity index is 2.56. The van der Waals surface area contributed by atoms with Gasteiger partial charge in [0.15, 0.2) is 0 Å². The molecule has 2 aromatic rings. The summed E-state index contributed by atoms with van der Waals surface area (Å²) < 4.78 is 46.4. The van der Waals surface area contributed by atoms with E-state index < -0.39 is 15.8 Å². The zero-order valence-corrected chi connectivity index (χ0v) is 14.8. The van der Waals surface area contributed by atoms with Crippen LogP contribution in [0.2, 0.25) is 0 Å². The summed E-state index contributed by atoms with van der Waals surface area (Å²) in [6.07, 6.45) is 1.41. The van der Waals surface area contributed by atoms with E-state index in [4.69, 9.17) is 4.74 Å². The smallest absolute Gasteiger partial charge is 0.264 e. The lowest BCUT2D eigenvalue weighted by Crippen LogP contribution is -2.32. The molecule has 0 aliphatic rings. The number of rotatable bonds is 6. The second-order valence-corrected chi connectivity index (χ2v) is 7.29. The Bertz CT molecular complexity index is 824. The highest BCUT2D eigenvalue weighted by molar-refractivity contribution is 9.10. The van der Waals surface area contributed by atoms with Crippen LogP contribution in [0.3, 0.4) is 0 Å². The number of benzene rings is 2. The summed E-state index contributed by atoms with van der Waals surface area (Å²) in [5.74, 6) is -0.115. The summed E-state index contributed by atoms with van der Waals surface area (Å²) in [5, 5.41) is 0. The molecule has 23 heavy (non-hydrogen) atoms. The van der Waals surface area contributed by atoms with E-state index in [-0.39, 0.29) is 17.1 Å². The van der Waals surface area contributed by atoms with E-state index in [9.17, 15) is 12.8 Å². The molecule has 0 saturated carbocycles. The van der Waals surface area contributed by atoms with Gasteiger partial charge in [-0.15, -0.1) is 6.58 Å². The molecule has 0 radical (unpaired) electrons. The van der Waals surface area contributed by atoms with Crippen LogP contribution in [-0.4, -0.2) is 22.1 Å². The van der Waals surface area contributed by atoms with Crippen molar-refractivity contribution in [3.8, 4) is 5.75 Å². The van der Waals surface area contributed by atoms with Gasteiger partial charge in [0, 0.05) is 0 Å². The number of nitrogens with zero attached hydrogens (tertiary/aromatic N) is 1. The largest absolute Gasteiger partial charge is 0.496 e. The van der Waals surface area contributed by atoms with E-state index in [0.717, 1.165) is 4.31 Å². The van der Waals surface area contributed by atoms with Gasteiger partial charge in [-0.2, -0.15) is 0 Å². The lowest BCUT2D eigenvalue weighted by molar-refractivity contribution is 0.411. The van der Waals surface area contributed by atoms with E-state index in [1.54, 1.807) is 6.07 Å². The highest BCUT2D eigenvalue weighted by atomic mass is 79.9. The summed E-state index contributed by atoms with van der Waals surface area (Å²) in [7, 11) is -2.47. The van der Waals surface area contributed by atoms with Crippen molar-refractivity contribution >= 4 is 31.6 Å². The quantitative estimate of drug-likeness (QED) is 0.690. The number of para-hydroxylation sites is 1. The lowest BCUT2D eigenvalue weighted by atomic mass is 10.3. The van der Waals surface area contributed by atoms with Gasteiger partial charge in [0.1, 0.15) is 11.6 Å². The first-order valence-electron chi connectivity index (χ1n) is 6.63. The fourth-order valence-electron chi connectivity index (χ4n) is 2.03. The Morgan fingerprint density at radius 2 is 2.00 bits per heavy atom. The van der Waals surface area contributed by atoms with Crippen LogP contribution in [0.4, 0.5) is 10.1 Å². The van der Waals surface area contributed by atoms with Crippen molar-refractivity contribution in [3.05, 3.63) is 65.4 Å². The first kappa shape index (κ1) is 17.5. The highest BCUT2D eigenvalue weighted by Crippen LogP contribution is 2.31. The van der Waals surface area contributed by atoms with Crippen molar-refractivity contribution in [1.82, 2.24) is 0 Å². The minimum absolute atomic E-state index is 0.0234. The highest BCUT2D eigenvalue weighted by Gasteiger charge is 2.26. The normalized spacial score (nSPS) is 11.1. The minimum atomic E-state index is -3.95. The third-order valence-corrected chi connectivity index (χ3v) is 5.52. The molecule has 0 fully saturated rings. The fraction of sp³-hybridized carbons (Fsp3) is 0.125. The number of sulfonamides is 1. The summed E-state index contributed by atoms with van der Waals surface area (Å²) >= 11 is 3.26. The van der Waals surface area contributed by atoms with E-state index in [0.29, 0.717) is 10.2 Å². The molecule has 0 spiro atoms. The maximum absolute atomic E-state index is 14.0. The molecule has 0 atom stereocenters. The van der Waals surface area contributed by atoms with Gasteiger partial charge in [-0.1, -0.05) is 18.2 Å². The summed E-state index contributed by atoms with van der Waals surface area (Å²) in [5.41, 5.74) is -0.0284. The number of anilines is 1. The predicted molar refractivity (Wildman–Crippen MR) is 91.8 cm³/mol. The summed E-state index contributed by atoms with van der Waals surface area (Å²) in [6, 6.07) is 10.1. The molecule has 0 aliphatic carbocycles. The van der Waals surface area contributed by atoms with Gasteiger partial charge in [0.05, 0.1) is 28.7 Å². The topological polar surface area (TPSA) is 46.6 Å². The van der Waals surface area contributed by atoms with Crippen molar-refractivity contribution in [1.29, 1.82) is 0 Å². The van der Waals surface area contributed by atoms with Crippen LogP contribution in [0.5, 0.6) is 5.75 Å². The molecule has 122 valence electrons. The van der Waals surface area contributed by atoms with E-state index in [1.165, 1.54) is 49.6 Å². The Hall–Kier alpha value is -1.86. The Morgan fingerprint density at radius 3 is 2.57 bits per heavy atom. The van der Waals surface area contributed by atoms with Crippen LogP contribution in [0.1, 0.15) is 0 Å². The average Bonchev–Trinajstić information content (AvgIpc) is 2.53. The predicted octanol–water partition coefficient (Wildman–Crippen LogP) is 3.98. The SMILES string of the molecule is C=CCN(c1ccccc1F)S(=O)(=O)c1ccc(OC)c(Br)c1.